The third kappa shape index (κ3) is 3.65. The van der Waals surface area contributed by atoms with Crippen molar-refractivity contribution >= 4 is 17.5 Å². The Balaban J connectivity index is 1.49. The molecule has 0 bridgehead atoms. The second-order valence-corrected chi connectivity index (χ2v) is 5.13. The Morgan fingerprint density at radius 1 is 1.39 bits per heavy atom. The van der Waals surface area contributed by atoms with Crippen LogP contribution in [0, 0.1) is 6.92 Å². The van der Waals surface area contributed by atoms with E-state index in [-0.39, 0.29) is 18.2 Å². The summed E-state index contributed by atoms with van der Waals surface area (Å²) in [6.45, 7) is 2.08. The van der Waals surface area contributed by atoms with E-state index in [1.54, 1.807) is 31.2 Å². The van der Waals surface area contributed by atoms with E-state index in [0.29, 0.717) is 36.1 Å². The molecule has 2 N–H and O–H groups in total. The molecule has 1 aliphatic heterocycles. The first-order valence-electron chi connectivity index (χ1n) is 7.24. The molecule has 1 aliphatic rings. The van der Waals surface area contributed by atoms with E-state index in [2.05, 4.69) is 20.8 Å². The van der Waals surface area contributed by atoms with Gasteiger partial charge in [0.05, 0.1) is 12.1 Å². The number of ether oxygens (including phenoxy) is 1. The first kappa shape index (κ1) is 15.0. The number of hydrogen-bond donors (Lipinski definition) is 2. The quantitative estimate of drug-likeness (QED) is 0.846. The Kier molecular flexibility index (Phi) is 4.22. The molecule has 2 aromatic rings. The van der Waals surface area contributed by atoms with Gasteiger partial charge in [0.15, 0.2) is 11.9 Å². The molecular formula is C15H16N4O4. The minimum atomic E-state index is -0.837. The fraction of sp³-hybridized carbons (Fsp3) is 0.333. The molecule has 8 nitrogen and oxygen atoms in total. The number of carbonyl (C=O) groups excluding carboxylic acids is 2. The number of anilines is 1. The topological polar surface area (TPSA) is 106 Å². The molecule has 0 aliphatic carbocycles. The van der Waals surface area contributed by atoms with Crippen molar-refractivity contribution in [1.29, 1.82) is 0 Å². The molecule has 2 amide bonds. The van der Waals surface area contributed by atoms with Crippen molar-refractivity contribution in [2.45, 2.75) is 25.9 Å². The van der Waals surface area contributed by atoms with Gasteiger partial charge in [0.1, 0.15) is 5.75 Å². The van der Waals surface area contributed by atoms with Crippen LogP contribution < -0.4 is 15.4 Å². The number of fused-ring (bicyclic) bond motifs is 1. The van der Waals surface area contributed by atoms with Crippen molar-refractivity contribution < 1.29 is 18.8 Å². The van der Waals surface area contributed by atoms with Crippen molar-refractivity contribution in [3.05, 3.63) is 36.0 Å². The van der Waals surface area contributed by atoms with Crippen LogP contribution in [0.2, 0.25) is 0 Å². The Morgan fingerprint density at radius 3 is 3.00 bits per heavy atom. The highest BCUT2D eigenvalue weighted by Crippen LogP contribution is 2.29. The second kappa shape index (κ2) is 6.47. The summed E-state index contributed by atoms with van der Waals surface area (Å²) in [7, 11) is 0. The maximum atomic E-state index is 11.9. The lowest BCUT2D eigenvalue weighted by atomic mass is 10.1. The monoisotopic (exact) mass is 316 g/mol. The second-order valence-electron chi connectivity index (χ2n) is 5.13. The molecule has 23 heavy (non-hydrogen) atoms. The smallest absolute Gasteiger partial charge is 0.266 e. The predicted molar refractivity (Wildman–Crippen MR) is 79.9 cm³/mol. The number of nitrogens with one attached hydrogen (secondary N) is 2. The average Bonchev–Trinajstić information content (AvgIpc) is 2.93. The summed E-state index contributed by atoms with van der Waals surface area (Å²) in [5.41, 5.74) is 0.612. The molecule has 1 aromatic heterocycles. The zero-order valence-corrected chi connectivity index (χ0v) is 12.5. The van der Waals surface area contributed by atoms with Crippen molar-refractivity contribution in [2.24, 2.45) is 0 Å². The van der Waals surface area contributed by atoms with Gasteiger partial charge in [0.2, 0.25) is 11.8 Å². The summed E-state index contributed by atoms with van der Waals surface area (Å²) in [4.78, 5) is 27.9. The number of nitrogens with zero attached hydrogens (tertiary/aromatic N) is 2. The molecule has 0 fully saturated rings. The van der Waals surface area contributed by atoms with Gasteiger partial charge in [-0.3, -0.25) is 9.59 Å². The standard InChI is InChI=1S/C15H16N4O4/c1-9-17-14(23-19-9)6-7-16-13(20)8-12-15(21)18-10-4-2-3-5-11(10)22-12/h2-5,12H,6-8H2,1H3,(H,16,20)(H,18,21)/t12-/m1/s1. The number of rotatable bonds is 5. The SMILES string of the molecule is Cc1noc(CCNC(=O)C[C@H]2Oc3ccccc3NC2=O)n1. The number of aryl methyl sites for hydroxylation is 1. The van der Waals surface area contributed by atoms with Crippen LogP contribution in [0.25, 0.3) is 0 Å². The molecule has 3 rings (SSSR count). The van der Waals surface area contributed by atoms with E-state index in [1.165, 1.54) is 0 Å². The summed E-state index contributed by atoms with van der Waals surface area (Å²) >= 11 is 0. The summed E-state index contributed by atoms with van der Waals surface area (Å²) in [5.74, 6) is 0.971. The number of benzene rings is 1. The largest absolute Gasteiger partial charge is 0.478 e. The summed E-state index contributed by atoms with van der Waals surface area (Å²) in [6, 6.07) is 7.10. The lowest BCUT2D eigenvalue weighted by Crippen LogP contribution is -2.41. The third-order valence-corrected chi connectivity index (χ3v) is 3.31. The van der Waals surface area contributed by atoms with E-state index in [1.807, 2.05) is 0 Å². The van der Waals surface area contributed by atoms with Crippen LogP contribution in [-0.2, 0) is 16.0 Å². The molecule has 120 valence electrons. The highest BCUT2D eigenvalue weighted by Gasteiger charge is 2.29. The van der Waals surface area contributed by atoms with Gasteiger partial charge < -0.3 is 19.9 Å². The van der Waals surface area contributed by atoms with Crippen molar-refractivity contribution in [3.8, 4) is 5.75 Å². The molecule has 1 aromatic carbocycles. The van der Waals surface area contributed by atoms with E-state index < -0.39 is 6.10 Å². The molecule has 8 heteroatoms. The van der Waals surface area contributed by atoms with Gasteiger partial charge in [-0.2, -0.15) is 4.98 Å². The number of carbonyl (C=O) groups is 2. The molecule has 1 atom stereocenters. The van der Waals surface area contributed by atoms with E-state index in [0.717, 1.165) is 0 Å². The van der Waals surface area contributed by atoms with Crippen LogP contribution in [-0.4, -0.2) is 34.6 Å². The number of aromatic nitrogens is 2. The van der Waals surface area contributed by atoms with Crippen molar-refractivity contribution in [1.82, 2.24) is 15.5 Å². The summed E-state index contributed by atoms with van der Waals surface area (Å²) < 4.78 is 10.5. The van der Waals surface area contributed by atoms with Crippen LogP contribution in [0.3, 0.4) is 0 Å². The number of para-hydroxylation sites is 2. The van der Waals surface area contributed by atoms with E-state index in [4.69, 9.17) is 9.26 Å². The first-order valence-corrected chi connectivity index (χ1v) is 7.24. The minimum absolute atomic E-state index is 0.0526. The molecule has 0 radical (unpaired) electrons. The molecule has 0 unspecified atom stereocenters. The first-order chi connectivity index (χ1) is 11.1. The van der Waals surface area contributed by atoms with Gasteiger partial charge >= 0.3 is 0 Å². The lowest BCUT2D eigenvalue weighted by Gasteiger charge is -2.25. The van der Waals surface area contributed by atoms with Gasteiger partial charge in [-0.1, -0.05) is 17.3 Å². The van der Waals surface area contributed by atoms with Crippen LogP contribution in [0.15, 0.2) is 28.8 Å². The molecule has 0 saturated heterocycles. The fourth-order valence-corrected chi connectivity index (χ4v) is 2.22. The van der Waals surface area contributed by atoms with Gasteiger partial charge in [-0.15, -0.1) is 0 Å². The molecule has 0 spiro atoms. The van der Waals surface area contributed by atoms with Crippen LogP contribution >= 0.6 is 0 Å². The Morgan fingerprint density at radius 2 is 2.22 bits per heavy atom. The van der Waals surface area contributed by atoms with Crippen LogP contribution in [0.4, 0.5) is 5.69 Å². The molecule has 0 saturated carbocycles. The highest BCUT2D eigenvalue weighted by atomic mass is 16.5. The fourth-order valence-electron chi connectivity index (χ4n) is 2.22. The summed E-state index contributed by atoms with van der Waals surface area (Å²) in [6.07, 6.45) is -0.452. The lowest BCUT2D eigenvalue weighted by molar-refractivity contribution is -0.130. The summed E-state index contributed by atoms with van der Waals surface area (Å²) in [5, 5.41) is 9.10. The van der Waals surface area contributed by atoms with Crippen molar-refractivity contribution in [2.75, 3.05) is 11.9 Å². The van der Waals surface area contributed by atoms with Gasteiger partial charge in [0.25, 0.3) is 5.91 Å². The normalized spacial score (nSPS) is 16.2. The Bertz CT molecular complexity index is 728. The Hall–Kier alpha value is -2.90. The van der Waals surface area contributed by atoms with Crippen LogP contribution in [0.5, 0.6) is 5.75 Å². The van der Waals surface area contributed by atoms with Crippen molar-refractivity contribution in [3.63, 3.8) is 0 Å². The zero-order chi connectivity index (χ0) is 16.2. The maximum absolute atomic E-state index is 11.9. The highest BCUT2D eigenvalue weighted by molar-refractivity contribution is 5.99. The van der Waals surface area contributed by atoms with E-state index in [9.17, 15) is 9.59 Å². The average molecular weight is 316 g/mol. The zero-order valence-electron chi connectivity index (χ0n) is 12.5. The number of hydrogen-bond acceptors (Lipinski definition) is 6. The van der Waals surface area contributed by atoms with E-state index >= 15 is 0 Å². The molecular weight excluding hydrogens is 300 g/mol. The Labute approximate surface area is 132 Å². The predicted octanol–water partition coefficient (Wildman–Crippen LogP) is 0.827. The minimum Gasteiger partial charge on any atom is -0.478 e. The van der Waals surface area contributed by atoms with Gasteiger partial charge in [-0.05, 0) is 19.1 Å². The molecule has 2 heterocycles. The maximum Gasteiger partial charge on any atom is 0.266 e. The van der Waals surface area contributed by atoms with Gasteiger partial charge in [-0.25, -0.2) is 0 Å². The number of amides is 2. The third-order valence-electron chi connectivity index (χ3n) is 3.31. The van der Waals surface area contributed by atoms with Crippen LogP contribution in [0.1, 0.15) is 18.1 Å². The van der Waals surface area contributed by atoms with Gasteiger partial charge in [0, 0.05) is 13.0 Å².